The predicted octanol–water partition coefficient (Wildman–Crippen LogP) is 3.71. The van der Waals surface area contributed by atoms with Crippen molar-refractivity contribution in [1.82, 2.24) is 15.1 Å². The average molecular weight is 356 g/mol. The highest BCUT2D eigenvalue weighted by molar-refractivity contribution is 7.99. The summed E-state index contributed by atoms with van der Waals surface area (Å²) in [5.41, 5.74) is 2.35. The summed E-state index contributed by atoms with van der Waals surface area (Å²) in [6.45, 7) is 6.58. The van der Waals surface area contributed by atoms with Crippen molar-refractivity contribution < 1.29 is 4.79 Å². The highest BCUT2D eigenvalue weighted by Gasteiger charge is 2.19. The summed E-state index contributed by atoms with van der Waals surface area (Å²) in [6, 6.07) is 12.3. The van der Waals surface area contributed by atoms with Gasteiger partial charge in [-0.3, -0.25) is 4.79 Å². The molecule has 3 rings (SSSR count). The third-order valence-corrected chi connectivity index (χ3v) is 4.97. The van der Waals surface area contributed by atoms with Gasteiger partial charge >= 0.3 is 0 Å². The minimum Gasteiger partial charge on any atom is -0.365 e. The van der Waals surface area contributed by atoms with Crippen LogP contribution in [0.5, 0.6) is 0 Å². The molecule has 0 saturated carbocycles. The van der Waals surface area contributed by atoms with Crippen LogP contribution in [-0.2, 0) is 17.9 Å². The molecule has 25 heavy (non-hydrogen) atoms. The third kappa shape index (κ3) is 5.19. The highest BCUT2D eigenvalue weighted by Crippen LogP contribution is 2.20. The Labute approximate surface area is 153 Å². The molecule has 1 amide bonds. The first-order valence-electron chi connectivity index (χ1n) is 8.70. The first kappa shape index (κ1) is 17.7. The number of rotatable bonds is 7. The van der Waals surface area contributed by atoms with Gasteiger partial charge in [0.2, 0.25) is 5.91 Å². The van der Waals surface area contributed by atoms with Gasteiger partial charge in [0, 0.05) is 31.3 Å². The van der Waals surface area contributed by atoms with Crippen molar-refractivity contribution in [3.63, 3.8) is 0 Å². The monoisotopic (exact) mass is 356 g/mol. The molecule has 1 N–H and O–H groups in total. The molecule has 1 aromatic carbocycles. The van der Waals surface area contributed by atoms with Gasteiger partial charge in [-0.15, -0.1) is 22.0 Å². The quantitative estimate of drug-likeness (QED) is 0.767. The van der Waals surface area contributed by atoms with Crippen molar-refractivity contribution in [2.45, 2.75) is 50.1 Å². The summed E-state index contributed by atoms with van der Waals surface area (Å²) in [5, 5.41) is 13.2. The van der Waals surface area contributed by atoms with Crippen molar-refractivity contribution in [3.05, 3.63) is 47.5 Å². The lowest BCUT2D eigenvalue weighted by Gasteiger charge is -2.15. The maximum absolute atomic E-state index is 11.7. The number of thioether (sulfide) groups is 1. The summed E-state index contributed by atoms with van der Waals surface area (Å²) < 4.78 is 0. The van der Waals surface area contributed by atoms with Crippen molar-refractivity contribution in [3.8, 4) is 0 Å². The van der Waals surface area contributed by atoms with E-state index in [2.05, 4.69) is 53.6 Å². The van der Waals surface area contributed by atoms with Crippen LogP contribution in [0.4, 0.5) is 5.82 Å². The fraction of sp³-hybridized carbons (Fsp3) is 0.421. The van der Waals surface area contributed by atoms with Crippen LogP contribution in [0.2, 0.25) is 0 Å². The van der Waals surface area contributed by atoms with Crippen molar-refractivity contribution in [1.29, 1.82) is 0 Å². The van der Waals surface area contributed by atoms with Gasteiger partial charge in [-0.1, -0.05) is 38.1 Å². The van der Waals surface area contributed by atoms with E-state index in [1.54, 1.807) is 11.8 Å². The number of hydrogen-bond acceptors (Lipinski definition) is 5. The summed E-state index contributed by atoms with van der Waals surface area (Å²) >= 11 is 1.71. The van der Waals surface area contributed by atoms with E-state index in [0.29, 0.717) is 24.8 Å². The van der Waals surface area contributed by atoms with Gasteiger partial charge in [0.1, 0.15) is 10.8 Å². The number of likely N-dealkylation sites (tertiary alicyclic amines) is 1. The summed E-state index contributed by atoms with van der Waals surface area (Å²) in [6.07, 6.45) is 1.67. The Balaban J connectivity index is 1.50. The molecule has 0 unspecified atom stereocenters. The smallest absolute Gasteiger partial charge is 0.222 e. The minimum atomic E-state index is 0.267. The highest BCUT2D eigenvalue weighted by atomic mass is 32.2. The number of aromatic nitrogens is 2. The van der Waals surface area contributed by atoms with Crippen molar-refractivity contribution in [2.75, 3.05) is 11.9 Å². The molecule has 6 heteroatoms. The Morgan fingerprint density at radius 3 is 2.48 bits per heavy atom. The zero-order valence-electron chi connectivity index (χ0n) is 14.7. The van der Waals surface area contributed by atoms with Crippen LogP contribution in [0.1, 0.15) is 37.8 Å². The Morgan fingerprint density at radius 2 is 1.88 bits per heavy atom. The van der Waals surface area contributed by atoms with E-state index >= 15 is 0 Å². The standard InChI is InChI=1S/C19H24N4OS/c1-14(2)25-18-10-9-17(21-22-18)20-12-15-5-7-16(8-6-15)13-23-11-3-4-19(23)24/h5-10,14H,3-4,11-13H2,1-2H3,(H,20,21). The van der Waals surface area contributed by atoms with Gasteiger partial charge in [-0.05, 0) is 29.7 Å². The van der Waals surface area contributed by atoms with E-state index in [1.807, 2.05) is 17.0 Å². The van der Waals surface area contributed by atoms with E-state index in [1.165, 1.54) is 11.1 Å². The molecule has 0 aliphatic carbocycles. The largest absolute Gasteiger partial charge is 0.365 e. The van der Waals surface area contributed by atoms with Crippen LogP contribution >= 0.6 is 11.8 Å². The zero-order valence-corrected chi connectivity index (χ0v) is 15.6. The summed E-state index contributed by atoms with van der Waals surface area (Å²) in [4.78, 5) is 13.6. The lowest BCUT2D eigenvalue weighted by atomic mass is 10.1. The van der Waals surface area contributed by atoms with Crippen LogP contribution < -0.4 is 5.32 Å². The van der Waals surface area contributed by atoms with Gasteiger partial charge in [-0.2, -0.15) is 0 Å². The van der Waals surface area contributed by atoms with Crippen LogP contribution in [-0.4, -0.2) is 32.8 Å². The Morgan fingerprint density at radius 1 is 1.12 bits per heavy atom. The number of nitrogens with zero attached hydrogens (tertiary/aromatic N) is 3. The molecule has 1 aromatic heterocycles. The number of amides is 1. The van der Waals surface area contributed by atoms with E-state index in [9.17, 15) is 4.79 Å². The molecule has 2 aromatic rings. The van der Waals surface area contributed by atoms with Crippen molar-refractivity contribution >= 4 is 23.5 Å². The van der Waals surface area contributed by atoms with E-state index in [-0.39, 0.29) is 5.91 Å². The predicted molar refractivity (Wildman–Crippen MR) is 101 cm³/mol. The van der Waals surface area contributed by atoms with Gasteiger partial charge in [0.15, 0.2) is 0 Å². The molecule has 0 spiro atoms. The maximum Gasteiger partial charge on any atom is 0.222 e. The molecule has 0 radical (unpaired) electrons. The Kier molecular flexibility index (Phi) is 5.91. The summed E-state index contributed by atoms with van der Waals surface area (Å²) in [7, 11) is 0. The van der Waals surface area contributed by atoms with E-state index < -0.39 is 0 Å². The third-order valence-electron chi connectivity index (χ3n) is 4.04. The molecule has 0 atom stereocenters. The number of benzene rings is 1. The molecular formula is C19H24N4OS. The van der Waals surface area contributed by atoms with Crippen LogP contribution in [0.3, 0.4) is 0 Å². The van der Waals surface area contributed by atoms with Crippen molar-refractivity contribution in [2.24, 2.45) is 0 Å². The van der Waals surface area contributed by atoms with E-state index in [4.69, 9.17) is 0 Å². The second-order valence-corrected chi connectivity index (χ2v) is 8.11. The number of anilines is 1. The number of hydrogen-bond donors (Lipinski definition) is 1. The lowest BCUT2D eigenvalue weighted by molar-refractivity contribution is -0.128. The number of carbonyl (C=O) groups excluding carboxylic acids is 1. The first-order chi connectivity index (χ1) is 12.1. The fourth-order valence-corrected chi connectivity index (χ4v) is 3.48. The number of carbonyl (C=O) groups is 1. The Hall–Kier alpha value is -2.08. The number of nitrogens with one attached hydrogen (secondary N) is 1. The average Bonchev–Trinajstić information content (AvgIpc) is 3.00. The van der Waals surface area contributed by atoms with Gasteiger partial charge < -0.3 is 10.2 Å². The molecule has 0 bridgehead atoms. The molecule has 5 nitrogen and oxygen atoms in total. The molecule has 132 valence electrons. The van der Waals surface area contributed by atoms with Gasteiger partial charge in [0.25, 0.3) is 0 Å². The first-order valence-corrected chi connectivity index (χ1v) is 9.58. The second kappa shape index (κ2) is 8.34. The fourth-order valence-electron chi connectivity index (χ4n) is 2.77. The van der Waals surface area contributed by atoms with Crippen LogP contribution in [0, 0.1) is 0 Å². The van der Waals surface area contributed by atoms with Crippen LogP contribution in [0.15, 0.2) is 41.4 Å². The molecule has 1 aliphatic rings. The lowest BCUT2D eigenvalue weighted by Crippen LogP contribution is -2.23. The van der Waals surface area contributed by atoms with Crippen LogP contribution in [0.25, 0.3) is 0 Å². The molecule has 1 saturated heterocycles. The second-order valence-electron chi connectivity index (χ2n) is 6.51. The SMILES string of the molecule is CC(C)Sc1ccc(NCc2ccc(CN3CCCC3=O)cc2)nn1. The normalized spacial score (nSPS) is 14.4. The molecule has 1 fully saturated rings. The Bertz CT molecular complexity index is 700. The molecule has 1 aliphatic heterocycles. The molecule has 2 heterocycles. The minimum absolute atomic E-state index is 0.267. The van der Waals surface area contributed by atoms with Gasteiger partial charge in [-0.25, -0.2) is 0 Å². The topological polar surface area (TPSA) is 58.1 Å². The summed E-state index contributed by atoms with van der Waals surface area (Å²) in [5.74, 6) is 1.04. The van der Waals surface area contributed by atoms with Gasteiger partial charge in [0.05, 0.1) is 0 Å². The molecular weight excluding hydrogens is 332 g/mol. The maximum atomic E-state index is 11.7. The van der Waals surface area contributed by atoms with E-state index in [0.717, 1.165) is 23.8 Å². The zero-order chi connectivity index (χ0) is 17.6.